The minimum atomic E-state index is -0.927. The molecule has 5 heteroatoms. The summed E-state index contributed by atoms with van der Waals surface area (Å²) in [4.78, 5) is 42.4. The monoisotopic (exact) mass is 404 g/mol. The average molecular weight is 405 g/mol. The second-order valence-corrected chi connectivity index (χ2v) is 8.14. The van der Waals surface area contributed by atoms with E-state index in [-0.39, 0.29) is 17.6 Å². The van der Waals surface area contributed by atoms with Crippen molar-refractivity contribution in [2.75, 3.05) is 13.1 Å². The normalized spacial score (nSPS) is 19.7. The van der Waals surface area contributed by atoms with Crippen molar-refractivity contribution in [2.24, 2.45) is 0 Å². The molecule has 0 bridgehead atoms. The van der Waals surface area contributed by atoms with Crippen LogP contribution in [0.15, 0.2) is 48.5 Å². The summed E-state index contributed by atoms with van der Waals surface area (Å²) in [7, 11) is 0. The van der Waals surface area contributed by atoms with Gasteiger partial charge in [-0.15, -0.1) is 0 Å². The first-order valence-electron chi connectivity index (χ1n) is 10.9. The SMILES string of the molecule is CCCC(=O)Cc1cccc(C23c4ccccc4C(=O)N2CCN3C(=O)CCC)c1. The third kappa shape index (κ3) is 3.04. The molecule has 1 fully saturated rings. The predicted octanol–water partition coefficient (Wildman–Crippen LogP) is 3.90. The average Bonchev–Trinajstić information content (AvgIpc) is 3.25. The molecular weight excluding hydrogens is 376 g/mol. The fourth-order valence-corrected chi connectivity index (χ4v) is 4.94. The summed E-state index contributed by atoms with van der Waals surface area (Å²) in [6, 6.07) is 15.5. The van der Waals surface area contributed by atoms with Gasteiger partial charge in [-0.25, -0.2) is 0 Å². The van der Waals surface area contributed by atoms with Crippen molar-refractivity contribution >= 4 is 17.6 Å². The van der Waals surface area contributed by atoms with Crippen LogP contribution in [0.3, 0.4) is 0 Å². The highest BCUT2D eigenvalue weighted by molar-refractivity contribution is 6.02. The number of benzene rings is 2. The maximum absolute atomic E-state index is 13.3. The number of amides is 2. The van der Waals surface area contributed by atoms with Crippen LogP contribution in [0.25, 0.3) is 0 Å². The molecule has 4 rings (SSSR count). The first-order chi connectivity index (χ1) is 14.5. The molecule has 1 unspecified atom stereocenters. The summed E-state index contributed by atoms with van der Waals surface area (Å²) in [6.07, 6.45) is 2.96. The Balaban J connectivity index is 1.87. The van der Waals surface area contributed by atoms with Gasteiger partial charge in [-0.05, 0) is 24.5 Å². The molecule has 5 nitrogen and oxygen atoms in total. The molecule has 156 valence electrons. The lowest BCUT2D eigenvalue weighted by Gasteiger charge is -2.40. The fourth-order valence-electron chi connectivity index (χ4n) is 4.94. The summed E-state index contributed by atoms with van der Waals surface area (Å²) in [6.45, 7) is 5.01. The summed E-state index contributed by atoms with van der Waals surface area (Å²) in [5.74, 6) is 0.221. The number of ketones is 1. The molecule has 0 saturated carbocycles. The molecule has 1 atom stereocenters. The third-order valence-electron chi connectivity index (χ3n) is 6.13. The van der Waals surface area contributed by atoms with E-state index in [9.17, 15) is 14.4 Å². The smallest absolute Gasteiger partial charge is 0.256 e. The standard InChI is InChI=1S/C25H28N2O3/c1-3-8-20(28)17-18-10-7-11-19(16-18)25-22-13-6-5-12-21(22)24(30)27(25)15-14-26(25)23(29)9-4-2/h5-7,10-13,16H,3-4,8-9,14-15,17H2,1-2H3. The minimum absolute atomic E-state index is 0.0372. The molecule has 2 heterocycles. The van der Waals surface area contributed by atoms with E-state index in [1.807, 2.05) is 72.2 Å². The molecule has 0 aliphatic carbocycles. The first-order valence-corrected chi connectivity index (χ1v) is 10.9. The molecule has 2 aliphatic heterocycles. The lowest BCUT2D eigenvalue weighted by Crippen LogP contribution is -2.51. The van der Waals surface area contributed by atoms with E-state index in [0.29, 0.717) is 37.9 Å². The molecular formula is C25H28N2O3. The Morgan fingerprint density at radius 1 is 0.967 bits per heavy atom. The van der Waals surface area contributed by atoms with Gasteiger partial charge in [0.2, 0.25) is 5.91 Å². The highest BCUT2D eigenvalue weighted by Gasteiger charge is 2.59. The molecule has 1 saturated heterocycles. The van der Waals surface area contributed by atoms with Gasteiger partial charge in [0.1, 0.15) is 5.78 Å². The topological polar surface area (TPSA) is 57.7 Å². The number of hydrogen-bond donors (Lipinski definition) is 0. The quantitative estimate of drug-likeness (QED) is 0.703. The van der Waals surface area contributed by atoms with Gasteiger partial charge in [0, 0.05) is 49.0 Å². The molecule has 30 heavy (non-hydrogen) atoms. The van der Waals surface area contributed by atoms with E-state index in [0.717, 1.165) is 29.5 Å². The Labute approximate surface area is 177 Å². The maximum atomic E-state index is 13.3. The Morgan fingerprint density at radius 3 is 2.50 bits per heavy atom. The lowest BCUT2D eigenvalue weighted by molar-refractivity contribution is -0.136. The van der Waals surface area contributed by atoms with E-state index in [1.54, 1.807) is 0 Å². The predicted molar refractivity (Wildman–Crippen MR) is 115 cm³/mol. The van der Waals surface area contributed by atoms with Crippen molar-refractivity contribution in [2.45, 2.75) is 51.6 Å². The van der Waals surface area contributed by atoms with E-state index in [4.69, 9.17) is 0 Å². The molecule has 2 aromatic rings. The van der Waals surface area contributed by atoms with Crippen LogP contribution in [-0.4, -0.2) is 40.5 Å². The molecule has 0 radical (unpaired) electrons. The van der Waals surface area contributed by atoms with E-state index < -0.39 is 5.66 Å². The van der Waals surface area contributed by atoms with Gasteiger partial charge in [-0.2, -0.15) is 0 Å². The van der Waals surface area contributed by atoms with Crippen molar-refractivity contribution in [3.63, 3.8) is 0 Å². The molecule has 0 aromatic heterocycles. The summed E-state index contributed by atoms with van der Waals surface area (Å²) < 4.78 is 0. The Kier molecular flexibility index (Phi) is 5.46. The van der Waals surface area contributed by atoms with Gasteiger partial charge < -0.3 is 9.80 Å². The molecule has 2 aromatic carbocycles. The van der Waals surface area contributed by atoms with Crippen LogP contribution < -0.4 is 0 Å². The van der Waals surface area contributed by atoms with Gasteiger partial charge in [0.25, 0.3) is 5.91 Å². The van der Waals surface area contributed by atoms with Gasteiger partial charge in [0.15, 0.2) is 5.66 Å². The molecule has 2 aliphatic rings. The molecule has 2 amide bonds. The van der Waals surface area contributed by atoms with Crippen LogP contribution in [0.2, 0.25) is 0 Å². The lowest BCUT2D eigenvalue weighted by atomic mass is 9.88. The van der Waals surface area contributed by atoms with Gasteiger partial charge >= 0.3 is 0 Å². The third-order valence-corrected chi connectivity index (χ3v) is 6.13. The van der Waals surface area contributed by atoms with Crippen LogP contribution in [-0.2, 0) is 21.7 Å². The number of rotatable bonds is 7. The van der Waals surface area contributed by atoms with Crippen molar-refractivity contribution in [3.05, 3.63) is 70.8 Å². The second-order valence-electron chi connectivity index (χ2n) is 8.14. The van der Waals surface area contributed by atoms with Crippen LogP contribution in [0.1, 0.15) is 66.6 Å². The Morgan fingerprint density at radius 2 is 1.73 bits per heavy atom. The molecule has 0 spiro atoms. The minimum Gasteiger partial charge on any atom is -0.310 e. The zero-order chi connectivity index (χ0) is 21.3. The number of nitrogens with zero attached hydrogens (tertiary/aromatic N) is 2. The number of hydrogen-bond acceptors (Lipinski definition) is 3. The Hall–Kier alpha value is -2.95. The van der Waals surface area contributed by atoms with Crippen molar-refractivity contribution in [1.29, 1.82) is 0 Å². The first kappa shape index (κ1) is 20.3. The summed E-state index contributed by atoms with van der Waals surface area (Å²) in [5, 5.41) is 0. The van der Waals surface area contributed by atoms with Crippen LogP contribution in [0, 0.1) is 0 Å². The van der Waals surface area contributed by atoms with Crippen LogP contribution in [0.5, 0.6) is 0 Å². The van der Waals surface area contributed by atoms with Crippen LogP contribution in [0.4, 0.5) is 0 Å². The summed E-state index contributed by atoms with van der Waals surface area (Å²) in [5.41, 5.74) is 2.38. The highest BCUT2D eigenvalue weighted by Crippen LogP contribution is 2.49. The fraction of sp³-hybridized carbons (Fsp3) is 0.400. The van der Waals surface area contributed by atoms with Crippen molar-refractivity contribution in [3.8, 4) is 0 Å². The van der Waals surface area contributed by atoms with E-state index in [1.165, 1.54) is 0 Å². The number of carbonyl (C=O) groups excluding carboxylic acids is 3. The maximum Gasteiger partial charge on any atom is 0.256 e. The zero-order valence-corrected chi connectivity index (χ0v) is 17.7. The van der Waals surface area contributed by atoms with Crippen LogP contribution >= 0.6 is 0 Å². The highest BCUT2D eigenvalue weighted by atomic mass is 16.2. The van der Waals surface area contributed by atoms with Gasteiger partial charge in [-0.1, -0.05) is 56.3 Å². The Bertz CT molecular complexity index is 999. The van der Waals surface area contributed by atoms with Gasteiger partial charge in [-0.3, -0.25) is 14.4 Å². The molecule has 0 N–H and O–H groups in total. The zero-order valence-electron chi connectivity index (χ0n) is 17.7. The van der Waals surface area contributed by atoms with E-state index >= 15 is 0 Å². The largest absolute Gasteiger partial charge is 0.310 e. The number of carbonyl (C=O) groups is 3. The second kappa shape index (κ2) is 8.05. The number of Topliss-reactive ketones (excluding diaryl/α,β-unsaturated/α-hetero) is 1. The number of fused-ring (bicyclic) bond motifs is 3. The van der Waals surface area contributed by atoms with E-state index in [2.05, 4.69) is 0 Å². The van der Waals surface area contributed by atoms with Crippen molar-refractivity contribution < 1.29 is 14.4 Å². The van der Waals surface area contributed by atoms with Crippen molar-refractivity contribution in [1.82, 2.24) is 9.80 Å². The summed E-state index contributed by atoms with van der Waals surface area (Å²) >= 11 is 0. The van der Waals surface area contributed by atoms with Gasteiger partial charge in [0.05, 0.1) is 0 Å².